The Hall–Kier alpha value is -3.60. The lowest BCUT2D eigenvalue weighted by molar-refractivity contribution is 0.311. The van der Waals surface area contributed by atoms with Gasteiger partial charge in [0.25, 0.3) is 0 Å². The summed E-state index contributed by atoms with van der Waals surface area (Å²) < 4.78 is 3.48. The average Bonchev–Trinajstić information content (AvgIpc) is 3.34. The van der Waals surface area contributed by atoms with Crippen LogP contribution in [0, 0.1) is 0 Å². The summed E-state index contributed by atoms with van der Waals surface area (Å²) in [4.78, 5) is 22.2. The van der Waals surface area contributed by atoms with Gasteiger partial charge in [-0.3, -0.25) is 9.67 Å². The fourth-order valence-corrected chi connectivity index (χ4v) is 3.30. The van der Waals surface area contributed by atoms with Crippen LogP contribution in [0.2, 0.25) is 0 Å². The van der Waals surface area contributed by atoms with Crippen LogP contribution in [0.15, 0.2) is 37.2 Å². The summed E-state index contributed by atoms with van der Waals surface area (Å²) in [7, 11) is 4.00. The third-order valence-corrected chi connectivity index (χ3v) is 4.93. The van der Waals surface area contributed by atoms with E-state index in [9.17, 15) is 0 Å². The van der Waals surface area contributed by atoms with Gasteiger partial charge in [0.15, 0.2) is 5.65 Å². The molecule has 1 aliphatic rings. The van der Waals surface area contributed by atoms with Crippen LogP contribution in [0.5, 0.6) is 0 Å². The van der Waals surface area contributed by atoms with Crippen LogP contribution >= 0.6 is 0 Å². The van der Waals surface area contributed by atoms with Crippen molar-refractivity contribution in [3.8, 4) is 11.3 Å². The molecule has 11 nitrogen and oxygen atoms in total. The Kier molecular flexibility index (Phi) is 4.28. The number of nitrogens with zero attached hydrogens (tertiary/aromatic N) is 10. The first-order chi connectivity index (χ1) is 14.2. The van der Waals surface area contributed by atoms with Crippen molar-refractivity contribution in [2.24, 2.45) is 7.05 Å². The molecule has 4 aromatic heterocycles. The maximum absolute atomic E-state index is 4.56. The number of hydrogen-bond acceptors (Lipinski definition) is 9. The highest BCUT2D eigenvalue weighted by Crippen LogP contribution is 2.20. The maximum Gasteiger partial charge on any atom is 0.247 e. The number of aryl methyl sites for hydroxylation is 1. The summed E-state index contributed by atoms with van der Waals surface area (Å²) in [5.74, 6) is 1.20. The number of nitrogens with one attached hydrogen (secondary N) is 1. The van der Waals surface area contributed by atoms with Crippen LogP contribution in [0.4, 0.5) is 17.6 Å². The van der Waals surface area contributed by atoms with E-state index in [2.05, 4.69) is 52.3 Å². The van der Waals surface area contributed by atoms with Crippen LogP contribution in [0.3, 0.4) is 0 Å². The summed E-state index contributed by atoms with van der Waals surface area (Å²) in [6.45, 7) is 3.90. The van der Waals surface area contributed by atoms with Crippen LogP contribution in [-0.4, -0.2) is 77.5 Å². The largest absolute Gasteiger partial charge is 0.338 e. The van der Waals surface area contributed by atoms with Gasteiger partial charge in [-0.05, 0) is 7.05 Å². The molecule has 11 heteroatoms. The van der Waals surface area contributed by atoms with Gasteiger partial charge in [-0.1, -0.05) is 0 Å². The van der Waals surface area contributed by atoms with Gasteiger partial charge >= 0.3 is 0 Å². The van der Waals surface area contributed by atoms with Crippen LogP contribution < -0.4 is 10.2 Å². The lowest BCUT2D eigenvalue weighted by atomic mass is 10.3. The van der Waals surface area contributed by atoms with Gasteiger partial charge in [0.1, 0.15) is 0 Å². The normalized spacial score (nSPS) is 15.2. The van der Waals surface area contributed by atoms with Crippen LogP contribution in [0.25, 0.3) is 16.9 Å². The molecule has 0 spiro atoms. The molecule has 29 heavy (non-hydrogen) atoms. The molecule has 0 atom stereocenters. The fourth-order valence-electron chi connectivity index (χ4n) is 3.30. The Morgan fingerprint density at radius 3 is 2.45 bits per heavy atom. The van der Waals surface area contributed by atoms with Gasteiger partial charge < -0.3 is 15.1 Å². The van der Waals surface area contributed by atoms with Crippen molar-refractivity contribution in [2.45, 2.75) is 0 Å². The molecule has 1 saturated heterocycles. The highest BCUT2D eigenvalue weighted by molar-refractivity contribution is 5.62. The van der Waals surface area contributed by atoms with Crippen molar-refractivity contribution in [1.82, 2.24) is 44.2 Å². The lowest BCUT2D eigenvalue weighted by Gasteiger charge is -2.32. The minimum atomic E-state index is 0.457. The van der Waals surface area contributed by atoms with Gasteiger partial charge in [0.2, 0.25) is 11.9 Å². The van der Waals surface area contributed by atoms with Gasteiger partial charge in [-0.15, -0.1) is 5.10 Å². The molecule has 5 heterocycles. The van der Waals surface area contributed by atoms with Crippen molar-refractivity contribution in [2.75, 3.05) is 43.4 Å². The second-order valence-corrected chi connectivity index (χ2v) is 7.09. The zero-order chi connectivity index (χ0) is 19.8. The van der Waals surface area contributed by atoms with E-state index in [1.54, 1.807) is 40.2 Å². The smallest absolute Gasteiger partial charge is 0.247 e. The van der Waals surface area contributed by atoms with Gasteiger partial charge in [-0.2, -0.15) is 10.1 Å². The molecule has 5 rings (SSSR count). The quantitative estimate of drug-likeness (QED) is 0.541. The van der Waals surface area contributed by atoms with Crippen molar-refractivity contribution < 1.29 is 0 Å². The van der Waals surface area contributed by atoms with E-state index in [0.717, 1.165) is 49.1 Å². The third kappa shape index (κ3) is 3.47. The molecule has 0 aromatic carbocycles. The second-order valence-electron chi connectivity index (χ2n) is 7.09. The Labute approximate surface area is 167 Å². The standard InChI is InChI=1S/C18H21N11/c1-26-3-5-28(6-4-26)18-20-8-14(9-21-18)23-17-24-16-11-19-10-15(29(16)25-17)13-7-22-27(2)12-13/h7-12H,3-6H2,1-2H3,(H,23,25). The molecule has 0 radical (unpaired) electrons. The molecular weight excluding hydrogens is 370 g/mol. The SMILES string of the molecule is CN1CCN(c2ncc(Nc3nc4cncc(-c5cnn(C)c5)n4n3)cn2)CC1. The Morgan fingerprint density at radius 2 is 1.72 bits per heavy atom. The van der Waals surface area contributed by atoms with Crippen LogP contribution in [0.1, 0.15) is 0 Å². The third-order valence-electron chi connectivity index (χ3n) is 4.93. The molecular formula is C18H21N11. The topological polar surface area (TPSA) is 105 Å². The maximum atomic E-state index is 4.56. The average molecular weight is 391 g/mol. The molecule has 1 N–H and O–H groups in total. The molecule has 148 valence electrons. The van der Waals surface area contributed by atoms with Crippen molar-refractivity contribution in [3.63, 3.8) is 0 Å². The molecule has 1 aliphatic heterocycles. The molecule has 4 aromatic rings. The summed E-state index contributed by atoms with van der Waals surface area (Å²) in [5.41, 5.74) is 3.11. The van der Waals surface area contributed by atoms with E-state index >= 15 is 0 Å². The van der Waals surface area contributed by atoms with E-state index in [-0.39, 0.29) is 0 Å². The number of anilines is 3. The molecule has 0 aliphatic carbocycles. The van der Waals surface area contributed by atoms with Gasteiger partial charge in [0.05, 0.1) is 42.4 Å². The fraction of sp³-hybridized carbons (Fsp3) is 0.333. The minimum Gasteiger partial charge on any atom is -0.338 e. The minimum absolute atomic E-state index is 0.457. The second kappa shape index (κ2) is 7.09. The monoisotopic (exact) mass is 391 g/mol. The predicted molar refractivity (Wildman–Crippen MR) is 108 cm³/mol. The van der Waals surface area contributed by atoms with Crippen molar-refractivity contribution >= 4 is 23.2 Å². The zero-order valence-electron chi connectivity index (χ0n) is 16.3. The lowest BCUT2D eigenvalue weighted by Crippen LogP contribution is -2.45. The first-order valence-corrected chi connectivity index (χ1v) is 9.38. The van der Waals surface area contributed by atoms with Gasteiger partial charge in [0, 0.05) is 45.0 Å². The number of hydrogen-bond donors (Lipinski definition) is 1. The molecule has 0 saturated carbocycles. The number of piperazine rings is 1. The Bertz CT molecular complexity index is 1120. The molecule has 0 unspecified atom stereocenters. The summed E-state index contributed by atoms with van der Waals surface area (Å²) >= 11 is 0. The first kappa shape index (κ1) is 17.5. The van der Waals surface area contributed by atoms with Crippen LogP contribution in [-0.2, 0) is 7.05 Å². The van der Waals surface area contributed by atoms with Crippen molar-refractivity contribution in [3.05, 3.63) is 37.2 Å². The molecule has 0 amide bonds. The highest BCUT2D eigenvalue weighted by atomic mass is 15.4. The van der Waals surface area contributed by atoms with E-state index in [1.807, 2.05) is 13.2 Å². The summed E-state index contributed by atoms with van der Waals surface area (Å²) in [6.07, 6.45) is 10.6. The Morgan fingerprint density at radius 1 is 0.931 bits per heavy atom. The number of fused-ring (bicyclic) bond motifs is 1. The predicted octanol–water partition coefficient (Wildman–Crippen LogP) is 0.810. The molecule has 0 bridgehead atoms. The first-order valence-electron chi connectivity index (χ1n) is 9.38. The summed E-state index contributed by atoms with van der Waals surface area (Å²) in [6, 6.07) is 0. The highest BCUT2D eigenvalue weighted by Gasteiger charge is 2.16. The number of aromatic nitrogens is 8. The number of rotatable bonds is 4. The Balaban J connectivity index is 1.36. The van der Waals surface area contributed by atoms with Gasteiger partial charge in [-0.25, -0.2) is 14.5 Å². The molecule has 1 fully saturated rings. The van der Waals surface area contributed by atoms with E-state index < -0.39 is 0 Å². The zero-order valence-corrected chi connectivity index (χ0v) is 16.3. The van der Waals surface area contributed by atoms with E-state index in [1.165, 1.54) is 0 Å². The van der Waals surface area contributed by atoms with Crippen molar-refractivity contribution in [1.29, 1.82) is 0 Å². The van der Waals surface area contributed by atoms with E-state index in [0.29, 0.717) is 11.6 Å². The number of likely N-dealkylation sites (N-methyl/N-ethyl adjacent to an activating group) is 1. The summed E-state index contributed by atoms with van der Waals surface area (Å²) in [5, 5.41) is 11.9. The van der Waals surface area contributed by atoms with E-state index in [4.69, 9.17) is 0 Å².